The number of pyridine rings is 1. The van der Waals surface area contributed by atoms with Crippen LogP contribution >= 0.6 is 0 Å². The van der Waals surface area contributed by atoms with Gasteiger partial charge in [0.2, 0.25) is 0 Å². The summed E-state index contributed by atoms with van der Waals surface area (Å²) >= 11 is 0. The van der Waals surface area contributed by atoms with Crippen molar-refractivity contribution in [3.8, 4) is 11.3 Å². The Bertz CT molecular complexity index is 896. The summed E-state index contributed by atoms with van der Waals surface area (Å²) in [5, 5.41) is 3.44. The molecule has 6 heteroatoms. The molecule has 1 fully saturated rings. The fourth-order valence-electron chi connectivity index (χ4n) is 3.30. The van der Waals surface area contributed by atoms with Gasteiger partial charge in [-0.15, -0.1) is 0 Å². The van der Waals surface area contributed by atoms with Crippen LogP contribution < -0.4 is 5.32 Å². The molecule has 0 amide bonds. The molecule has 1 N–H and O–H groups in total. The van der Waals surface area contributed by atoms with Crippen molar-refractivity contribution in [3.63, 3.8) is 0 Å². The van der Waals surface area contributed by atoms with E-state index in [1.54, 1.807) is 12.3 Å². The molecule has 0 saturated carbocycles. The highest BCUT2D eigenvalue weighted by Gasteiger charge is 2.13. The smallest absolute Gasteiger partial charge is 0.124 e. The van der Waals surface area contributed by atoms with Crippen molar-refractivity contribution in [2.45, 2.75) is 19.4 Å². The summed E-state index contributed by atoms with van der Waals surface area (Å²) in [4.78, 5) is 12.7. The average molecular weight is 352 g/mol. The van der Waals surface area contributed by atoms with Gasteiger partial charge in [0.25, 0.3) is 0 Å². The fraction of sp³-hybridized carbons (Fsp3) is 0.350. The Kier molecular flexibility index (Phi) is 5.13. The molecule has 134 valence electrons. The quantitative estimate of drug-likeness (QED) is 0.763. The zero-order valence-electron chi connectivity index (χ0n) is 14.5. The molecule has 2 aromatic heterocycles. The lowest BCUT2D eigenvalue weighted by atomic mass is 10.0. The van der Waals surface area contributed by atoms with E-state index in [2.05, 4.69) is 20.3 Å². The van der Waals surface area contributed by atoms with Crippen LogP contribution in [0.25, 0.3) is 22.3 Å². The zero-order valence-corrected chi connectivity index (χ0v) is 14.5. The van der Waals surface area contributed by atoms with Crippen molar-refractivity contribution in [1.29, 1.82) is 0 Å². The van der Waals surface area contributed by atoms with Crippen LogP contribution in [0.4, 0.5) is 4.39 Å². The second-order valence-corrected chi connectivity index (χ2v) is 6.66. The highest BCUT2D eigenvalue weighted by molar-refractivity contribution is 5.77. The summed E-state index contributed by atoms with van der Waals surface area (Å²) in [6.45, 7) is 3.25. The van der Waals surface area contributed by atoms with E-state index >= 15 is 0 Å². The molecule has 3 aromatic rings. The number of nitrogens with one attached hydrogen (secondary N) is 1. The fourth-order valence-corrected chi connectivity index (χ4v) is 3.30. The van der Waals surface area contributed by atoms with Crippen molar-refractivity contribution in [2.75, 3.05) is 19.8 Å². The number of benzene rings is 1. The first-order valence-electron chi connectivity index (χ1n) is 8.93. The summed E-state index contributed by atoms with van der Waals surface area (Å²) in [5.74, 6) is 0.385. The normalized spacial score (nSPS) is 15.4. The van der Waals surface area contributed by atoms with Crippen LogP contribution in [0.3, 0.4) is 0 Å². The van der Waals surface area contributed by atoms with Gasteiger partial charge in [-0.25, -0.2) is 19.3 Å². The van der Waals surface area contributed by atoms with Crippen molar-refractivity contribution in [2.24, 2.45) is 5.92 Å². The monoisotopic (exact) mass is 352 g/mol. The van der Waals surface area contributed by atoms with Crippen LogP contribution in [0.1, 0.15) is 18.4 Å². The van der Waals surface area contributed by atoms with Gasteiger partial charge in [0.15, 0.2) is 0 Å². The third-order valence-corrected chi connectivity index (χ3v) is 4.72. The minimum absolute atomic E-state index is 0.253. The van der Waals surface area contributed by atoms with Crippen LogP contribution in [0, 0.1) is 11.7 Å². The molecule has 1 aromatic carbocycles. The summed E-state index contributed by atoms with van der Waals surface area (Å²) in [7, 11) is 0. The molecule has 0 atom stereocenters. The SMILES string of the molecule is Fc1cc(CNCC2CCOCC2)cc(-c2ccc3ncncc3n2)c1. The second-order valence-electron chi connectivity index (χ2n) is 6.66. The van der Waals surface area contributed by atoms with Crippen LogP contribution in [0.2, 0.25) is 0 Å². The van der Waals surface area contributed by atoms with Crippen molar-refractivity contribution < 1.29 is 9.13 Å². The van der Waals surface area contributed by atoms with Crippen LogP contribution in [0.5, 0.6) is 0 Å². The number of hydrogen-bond acceptors (Lipinski definition) is 5. The summed E-state index contributed by atoms with van der Waals surface area (Å²) < 4.78 is 19.5. The lowest BCUT2D eigenvalue weighted by Crippen LogP contribution is -2.27. The van der Waals surface area contributed by atoms with E-state index in [4.69, 9.17) is 4.74 Å². The van der Waals surface area contributed by atoms with Crippen molar-refractivity contribution in [3.05, 3.63) is 54.2 Å². The van der Waals surface area contributed by atoms with Gasteiger partial charge in [0.1, 0.15) is 17.7 Å². The first kappa shape index (κ1) is 17.0. The molecule has 26 heavy (non-hydrogen) atoms. The maximum atomic E-state index is 14.1. The second kappa shape index (κ2) is 7.85. The summed E-state index contributed by atoms with van der Waals surface area (Å²) in [6, 6.07) is 8.82. The topological polar surface area (TPSA) is 59.9 Å². The average Bonchev–Trinajstić information content (AvgIpc) is 2.68. The lowest BCUT2D eigenvalue weighted by Gasteiger charge is -2.22. The number of rotatable bonds is 5. The van der Waals surface area contributed by atoms with Crippen molar-refractivity contribution in [1.82, 2.24) is 20.3 Å². The van der Waals surface area contributed by atoms with Gasteiger partial charge in [-0.2, -0.15) is 0 Å². The van der Waals surface area contributed by atoms with Gasteiger partial charge >= 0.3 is 0 Å². The third kappa shape index (κ3) is 4.03. The maximum Gasteiger partial charge on any atom is 0.124 e. The van der Waals surface area contributed by atoms with Gasteiger partial charge in [-0.05, 0) is 61.2 Å². The molecule has 5 nitrogen and oxygen atoms in total. The summed E-state index contributed by atoms with van der Waals surface area (Å²) in [5.41, 5.74) is 3.88. The number of nitrogens with zero attached hydrogens (tertiary/aromatic N) is 3. The molecule has 4 rings (SSSR count). The molecule has 0 bridgehead atoms. The highest BCUT2D eigenvalue weighted by atomic mass is 19.1. The Morgan fingerprint density at radius 1 is 1.12 bits per heavy atom. The molecule has 1 saturated heterocycles. The number of fused-ring (bicyclic) bond motifs is 1. The standard InChI is InChI=1S/C20H21FN4O/c21-17-8-15(11-22-10-14-3-5-26-6-4-14)7-16(9-17)18-1-2-19-20(25-18)12-23-13-24-19/h1-2,7-9,12-14,22H,3-6,10-11H2. The number of ether oxygens (including phenoxy) is 1. The van der Waals surface area contributed by atoms with E-state index in [9.17, 15) is 4.39 Å². The molecule has 3 heterocycles. The van der Waals surface area contributed by atoms with Gasteiger partial charge < -0.3 is 10.1 Å². The van der Waals surface area contributed by atoms with Crippen LogP contribution in [-0.2, 0) is 11.3 Å². The molecular formula is C20H21FN4O. The van der Waals surface area contributed by atoms with Gasteiger partial charge in [-0.1, -0.05) is 0 Å². The predicted octanol–water partition coefficient (Wildman–Crippen LogP) is 3.35. The van der Waals surface area contributed by atoms with Gasteiger partial charge in [0, 0.05) is 25.3 Å². The largest absolute Gasteiger partial charge is 0.381 e. The van der Waals surface area contributed by atoms with Crippen LogP contribution in [0.15, 0.2) is 42.9 Å². The summed E-state index contributed by atoms with van der Waals surface area (Å²) in [6.07, 6.45) is 5.34. The Hall–Kier alpha value is -2.44. The number of aromatic nitrogens is 3. The van der Waals surface area contributed by atoms with E-state index in [-0.39, 0.29) is 5.82 Å². The first-order valence-corrected chi connectivity index (χ1v) is 8.93. The van der Waals surface area contributed by atoms with E-state index in [1.807, 2.05) is 18.2 Å². The maximum absolute atomic E-state index is 14.1. The van der Waals surface area contributed by atoms with Gasteiger partial charge in [0.05, 0.1) is 17.4 Å². The molecule has 0 spiro atoms. The van der Waals surface area contributed by atoms with E-state index in [1.165, 1.54) is 12.4 Å². The van der Waals surface area contributed by atoms with E-state index in [0.717, 1.165) is 54.9 Å². The van der Waals surface area contributed by atoms with Gasteiger partial charge in [-0.3, -0.25) is 0 Å². The molecule has 0 radical (unpaired) electrons. The molecular weight excluding hydrogens is 331 g/mol. The Balaban J connectivity index is 1.49. The minimum atomic E-state index is -0.253. The molecule has 1 aliphatic heterocycles. The number of hydrogen-bond donors (Lipinski definition) is 1. The Morgan fingerprint density at radius 2 is 2.00 bits per heavy atom. The highest BCUT2D eigenvalue weighted by Crippen LogP contribution is 2.22. The van der Waals surface area contributed by atoms with E-state index < -0.39 is 0 Å². The zero-order chi connectivity index (χ0) is 17.8. The van der Waals surface area contributed by atoms with Crippen LogP contribution in [-0.4, -0.2) is 34.7 Å². The molecule has 1 aliphatic rings. The lowest BCUT2D eigenvalue weighted by molar-refractivity contribution is 0.0662. The van der Waals surface area contributed by atoms with Crippen molar-refractivity contribution >= 4 is 11.0 Å². The minimum Gasteiger partial charge on any atom is -0.381 e. The third-order valence-electron chi connectivity index (χ3n) is 4.72. The predicted molar refractivity (Wildman–Crippen MR) is 98.0 cm³/mol. The van der Waals surface area contributed by atoms with E-state index in [0.29, 0.717) is 18.0 Å². The molecule has 0 unspecified atom stereocenters. The Labute approximate surface area is 151 Å². The number of halogens is 1. The Morgan fingerprint density at radius 3 is 2.88 bits per heavy atom. The molecule has 0 aliphatic carbocycles. The first-order chi connectivity index (χ1) is 12.8.